The number of benzene rings is 1. The number of rotatable bonds is 4. The van der Waals surface area contributed by atoms with Crippen LogP contribution in [0.25, 0.3) is 0 Å². The molecule has 0 saturated carbocycles. The van der Waals surface area contributed by atoms with Gasteiger partial charge in [0, 0.05) is 12.6 Å². The smallest absolute Gasteiger partial charge is 0.221 e. The van der Waals surface area contributed by atoms with E-state index in [2.05, 4.69) is 16.7 Å². The summed E-state index contributed by atoms with van der Waals surface area (Å²) in [6.45, 7) is 3.18. The third-order valence-corrected chi connectivity index (χ3v) is 2.09. The third kappa shape index (κ3) is 3.68. The number of anilines is 2. The molecule has 0 aliphatic carbocycles. The van der Waals surface area contributed by atoms with Gasteiger partial charge in [-0.1, -0.05) is 0 Å². The van der Waals surface area contributed by atoms with E-state index >= 15 is 0 Å². The van der Waals surface area contributed by atoms with E-state index in [4.69, 9.17) is 10.00 Å². The largest absolute Gasteiger partial charge is 0.495 e. The molecule has 0 aromatic heterocycles. The number of nitrogens with zero attached hydrogens (tertiary/aromatic N) is 1. The Bertz CT molecular complexity index is 452. The summed E-state index contributed by atoms with van der Waals surface area (Å²) in [7, 11) is 1.55. The maximum atomic E-state index is 10.9. The van der Waals surface area contributed by atoms with E-state index in [1.165, 1.54) is 6.92 Å². The topological polar surface area (TPSA) is 74.2 Å². The summed E-state index contributed by atoms with van der Waals surface area (Å²) in [6, 6.07) is 6.94. The Kier molecular flexibility index (Phi) is 4.35. The molecule has 5 heteroatoms. The standard InChI is InChI=1S/C12H15N3O2/c1-8(7-13)14-11-6-10(15-9(2)16)4-5-12(11)17-3/h4-6,8,14H,1-3H3,(H,15,16)/t8-/m0/s1. The molecule has 0 radical (unpaired) electrons. The first kappa shape index (κ1) is 12.8. The van der Waals surface area contributed by atoms with Gasteiger partial charge >= 0.3 is 0 Å². The Morgan fingerprint density at radius 3 is 2.76 bits per heavy atom. The first-order valence-electron chi connectivity index (χ1n) is 5.18. The molecule has 2 N–H and O–H groups in total. The van der Waals surface area contributed by atoms with Crippen LogP contribution in [0.1, 0.15) is 13.8 Å². The number of nitriles is 1. The quantitative estimate of drug-likeness (QED) is 0.833. The van der Waals surface area contributed by atoms with Crippen LogP contribution in [0.3, 0.4) is 0 Å². The van der Waals surface area contributed by atoms with Crippen LogP contribution in [-0.2, 0) is 4.79 Å². The summed E-state index contributed by atoms with van der Waals surface area (Å²) in [6.07, 6.45) is 0. The van der Waals surface area contributed by atoms with Crippen molar-refractivity contribution < 1.29 is 9.53 Å². The van der Waals surface area contributed by atoms with Crippen molar-refractivity contribution in [2.24, 2.45) is 0 Å². The molecule has 1 aromatic rings. The van der Waals surface area contributed by atoms with Crippen LogP contribution >= 0.6 is 0 Å². The van der Waals surface area contributed by atoms with Gasteiger partial charge < -0.3 is 15.4 Å². The fourth-order valence-corrected chi connectivity index (χ4v) is 1.37. The van der Waals surface area contributed by atoms with Gasteiger partial charge in [0.15, 0.2) is 0 Å². The molecular formula is C12H15N3O2. The van der Waals surface area contributed by atoms with Crippen LogP contribution in [0.5, 0.6) is 5.75 Å². The summed E-state index contributed by atoms with van der Waals surface area (Å²) in [5.41, 5.74) is 1.33. The molecule has 0 aliphatic heterocycles. The first-order valence-corrected chi connectivity index (χ1v) is 5.18. The molecule has 0 unspecified atom stereocenters. The van der Waals surface area contributed by atoms with E-state index in [9.17, 15) is 4.79 Å². The second-order valence-corrected chi connectivity index (χ2v) is 3.59. The molecule has 1 amide bonds. The van der Waals surface area contributed by atoms with Crippen molar-refractivity contribution in [3.05, 3.63) is 18.2 Å². The molecular weight excluding hydrogens is 218 g/mol. The molecule has 17 heavy (non-hydrogen) atoms. The summed E-state index contributed by atoms with van der Waals surface area (Å²) in [5, 5.41) is 14.4. The van der Waals surface area contributed by atoms with Gasteiger partial charge in [-0.3, -0.25) is 4.79 Å². The molecule has 1 rings (SSSR count). The minimum Gasteiger partial charge on any atom is -0.495 e. The van der Waals surface area contributed by atoms with Gasteiger partial charge in [0.05, 0.1) is 18.9 Å². The van der Waals surface area contributed by atoms with Gasteiger partial charge in [-0.2, -0.15) is 5.26 Å². The van der Waals surface area contributed by atoms with Crippen LogP contribution in [-0.4, -0.2) is 19.1 Å². The van der Waals surface area contributed by atoms with Gasteiger partial charge in [-0.25, -0.2) is 0 Å². The lowest BCUT2D eigenvalue weighted by Gasteiger charge is -2.14. The molecule has 90 valence electrons. The Labute approximate surface area is 100 Å². The summed E-state index contributed by atoms with van der Waals surface area (Å²) in [4.78, 5) is 10.9. The lowest BCUT2D eigenvalue weighted by Crippen LogP contribution is -2.13. The second-order valence-electron chi connectivity index (χ2n) is 3.59. The highest BCUT2D eigenvalue weighted by Gasteiger charge is 2.07. The molecule has 0 fully saturated rings. The van der Waals surface area contributed by atoms with E-state index in [-0.39, 0.29) is 11.9 Å². The van der Waals surface area contributed by atoms with E-state index in [1.54, 1.807) is 32.2 Å². The molecule has 1 aromatic carbocycles. The van der Waals surface area contributed by atoms with Crippen LogP contribution in [0.15, 0.2) is 18.2 Å². The maximum absolute atomic E-state index is 10.9. The van der Waals surface area contributed by atoms with E-state index in [0.717, 1.165) is 0 Å². The number of amides is 1. The van der Waals surface area contributed by atoms with Gasteiger partial charge in [0.2, 0.25) is 5.91 Å². The molecule has 0 saturated heterocycles. The monoisotopic (exact) mass is 233 g/mol. The van der Waals surface area contributed by atoms with Gasteiger partial charge in [-0.05, 0) is 25.1 Å². The number of methoxy groups -OCH3 is 1. The predicted molar refractivity (Wildman–Crippen MR) is 66.0 cm³/mol. The van der Waals surface area contributed by atoms with Crippen molar-refractivity contribution in [3.8, 4) is 11.8 Å². The van der Waals surface area contributed by atoms with Gasteiger partial charge in [-0.15, -0.1) is 0 Å². The van der Waals surface area contributed by atoms with E-state index in [1.807, 2.05) is 0 Å². The van der Waals surface area contributed by atoms with E-state index in [0.29, 0.717) is 17.1 Å². The zero-order chi connectivity index (χ0) is 12.8. The van der Waals surface area contributed by atoms with Crippen molar-refractivity contribution in [2.45, 2.75) is 19.9 Å². The zero-order valence-corrected chi connectivity index (χ0v) is 10.1. The summed E-state index contributed by atoms with van der Waals surface area (Å²) >= 11 is 0. The minimum atomic E-state index is -0.337. The Balaban J connectivity index is 2.98. The molecule has 0 heterocycles. The number of hydrogen-bond donors (Lipinski definition) is 2. The predicted octanol–water partition coefficient (Wildman–Crippen LogP) is 1.98. The molecule has 1 atom stereocenters. The normalized spacial score (nSPS) is 11.2. The Morgan fingerprint density at radius 1 is 1.53 bits per heavy atom. The zero-order valence-electron chi connectivity index (χ0n) is 10.1. The molecule has 0 spiro atoms. The number of ether oxygens (including phenoxy) is 1. The van der Waals surface area contributed by atoms with Crippen molar-refractivity contribution in [1.82, 2.24) is 0 Å². The molecule has 0 bridgehead atoms. The second kappa shape index (κ2) is 5.75. The first-order chi connectivity index (χ1) is 8.06. The number of nitrogens with one attached hydrogen (secondary N) is 2. The number of hydrogen-bond acceptors (Lipinski definition) is 4. The van der Waals surface area contributed by atoms with E-state index < -0.39 is 0 Å². The van der Waals surface area contributed by atoms with Crippen LogP contribution in [0.4, 0.5) is 11.4 Å². The highest BCUT2D eigenvalue weighted by molar-refractivity contribution is 5.89. The fraction of sp³-hybridized carbons (Fsp3) is 0.333. The van der Waals surface area contributed by atoms with Gasteiger partial charge in [0.1, 0.15) is 11.8 Å². The van der Waals surface area contributed by atoms with Crippen molar-refractivity contribution in [1.29, 1.82) is 5.26 Å². The van der Waals surface area contributed by atoms with Crippen LogP contribution in [0, 0.1) is 11.3 Å². The highest BCUT2D eigenvalue weighted by Crippen LogP contribution is 2.28. The van der Waals surface area contributed by atoms with Crippen LogP contribution in [0.2, 0.25) is 0 Å². The third-order valence-electron chi connectivity index (χ3n) is 2.09. The van der Waals surface area contributed by atoms with Crippen molar-refractivity contribution in [2.75, 3.05) is 17.7 Å². The number of carbonyl (C=O) groups excluding carboxylic acids is 1. The SMILES string of the molecule is COc1ccc(NC(C)=O)cc1N[C@@H](C)C#N. The maximum Gasteiger partial charge on any atom is 0.221 e. The lowest BCUT2D eigenvalue weighted by molar-refractivity contribution is -0.114. The average Bonchev–Trinajstić information content (AvgIpc) is 2.28. The van der Waals surface area contributed by atoms with Crippen molar-refractivity contribution >= 4 is 17.3 Å². The fourth-order valence-electron chi connectivity index (χ4n) is 1.37. The minimum absolute atomic E-state index is 0.144. The number of carbonyl (C=O) groups is 1. The summed E-state index contributed by atoms with van der Waals surface area (Å²) < 4.78 is 5.17. The molecule has 5 nitrogen and oxygen atoms in total. The summed E-state index contributed by atoms with van der Waals surface area (Å²) in [5.74, 6) is 0.482. The average molecular weight is 233 g/mol. The lowest BCUT2D eigenvalue weighted by atomic mass is 10.2. The Hall–Kier alpha value is -2.22. The highest BCUT2D eigenvalue weighted by atomic mass is 16.5. The van der Waals surface area contributed by atoms with Crippen molar-refractivity contribution in [3.63, 3.8) is 0 Å². The van der Waals surface area contributed by atoms with Gasteiger partial charge in [0.25, 0.3) is 0 Å². The Morgan fingerprint density at radius 2 is 2.24 bits per heavy atom. The van der Waals surface area contributed by atoms with Crippen LogP contribution < -0.4 is 15.4 Å². The molecule has 0 aliphatic rings.